The van der Waals surface area contributed by atoms with Gasteiger partial charge in [-0.3, -0.25) is 0 Å². The number of nitrogens with zero attached hydrogens (tertiary/aromatic N) is 2. The van der Waals surface area contributed by atoms with E-state index in [1.54, 1.807) is 6.07 Å². The number of rotatable bonds is 2. The van der Waals surface area contributed by atoms with E-state index in [0.717, 1.165) is 4.31 Å². The molecule has 1 rings (SSSR count). The molecule has 6 heteroatoms. The SMILES string of the molecule is N#CCS(=O)(=O)N1CC(O)C1. The normalized spacial score (nSPS) is 20.7. The molecule has 0 saturated carbocycles. The summed E-state index contributed by atoms with van der Waals surface area (Å²) in [6.45, 7) is 0.258. The van der Waals surface area contributed by atoms with E-state index < -0.39 is 21.9 Å². The summed E-state index contributed by atoms with van der Waals surface area (Å²) < 4.78 is 23.0. The summed E-state index contributed by atoms with van der Waals surface area (Å²) >= 11 is 0. The Morgan fingerprint density at radius 3 is 2.55 bits per heavy atom. The van der Waals surface area contributed by atoms with E-state index in [-0.39, 0.29) is 13.1 Å². The first-order valence-electron chi connectivity index (χ1n) is 3.09. The molecular weight excluding hydrogens is 168 g/mol. The van der Waals surface area contributed by atoms with Gasteiger partial charge in [0.2, 0.25) is 10.0 Å². The molecule has 62 valence electrons. The van der Waals surface area contributed by atoms with Crippen molar-refractivity contribution in [1.82, 2.24) is 4.31 Å². The maximum atomic E-state index is 11.0. The van der Waals surface area contributed by atoms with Gasteiger partial charge in [-0.05, 0) is 0 Å². The molecule has 0 aliphatic carbocycles. The van der Waals surface area contributed by atoms with Crippen LogP contribution in [0.25, 0.3) is 0 Å². The van der Waals surface area contributed by atoms with Gasteiger partial charge >= 0.3 is 0 Å². The number of nitriles is 1. The lowest BCUT2D eigenvalue weighted by Crippen LogP contribution is -2.53. The van der Waals surface area contributed by atoms with E-state index >= 15 is 0 Å². The molecule has 11 heavy (non-hydrogen) atoms. The topological polar surface area (TPSA) is 81.4 Å². The molecule has 0 aromatic carbocycles. The second-order valence-corrected chi connectivity index (χ2v) is 4.35. The average Bonchev–Trinajstić information content (AvgIpc) is 1.81. The largest absolute Gasteiger partial charge is 0.390 e. The monoisotopic (exact) mass is 176 g/mol. The second-order valence-electron chi connectivity index (χ2n) is 2.39. The highest BCUT2D eigenvalue weighted by atomic mass is 32.2. The molecule has 0 bridgehead atoms. The van der Waals surface area contributed by atoms with Crippen LogP contribution in [0.3, 0.4) is 0 Å². The van der Waals surface area contributed by atoms with E-state index in [1.165, 1.54) is 0 Å². The van der Waals surface area contributed by atoms with Gasteiger partial charge in [-0.15, -0.1) is 0 Å². The summed E-state index contributed by atoms with van der Waals surface area (Å²) in [4.78, 5) is 0. The quantitative estimate of drug-likeness (QED) is 0.556. The van der Waals surface area contributed by atoms with E-state index in [9.17, 15) is 8.42 Å². The van der Waals surface area contributed by atoms with Crippen LogP contribution in [0.2, 0.25) is 0 Å². The zero-order valence-electron chi connectivity index (χ0n) is 5.77. The molecule has 0 amide bonds. The molecule has 1 aliphatic heterocycles. The fourth-order valence-electron chi connectivity index (χ4n) is 0.817. The Bertz CT molecular complexity index is 273. The first-order valence-corrected chi connectivity index (χ1v) is 4.70. The fraction of sp³-hybridized carbons (Fsp3) is 0.800. The van der Waals surface area contributed by atoms with Crippen molar-refractivity contribution >= 4 is 10.0 Å². The zero-order chi connectivity index (χ0) is 8.48. The van der Waals surface area contributed by atoms with Crippen LogP contribution in [0.5, 0.6) is 0 Å². The highest BCUT2D eigenvalue weighted by Gasteiger charge is 2.33. The molecule has 0 aromatic heterocycles. The molecule has 0 atom stereocenters. The number of β-amino-alcohol motifs (C(OH)–C–C–N with tert-alkyl or cyclic N) is 1. The Labute approximate surface area is 64.9 Å². The van der Waals surface area contributed by atoms with Gasteiger partial charge in [-0.25, -0.2) is 8.42 Å². The highest BCUT2D eigenvalue weighted by Crippen LogP contribution is 2.12. The van der Waals surface area contributed by atoms with Crippen molar-refractivity contribution in [3.05, 3.63) is 0 Å². The predicted molar refractivity (Wildman–Crippen MR) is 37.0 cm³/mol. The van der Waals surface area contributed by atoms with Crippen LogP contribution >= 0.6 is 0 Å². The third-order valence-corrected chi connectivity index (χ3v) is 3.05. The fourth-order valence-corrected chi connectivity index (χ4v) is 1.96. The molecular formula is C5H8N2O3S. The lowest BCUT2D eigenvalue weighted by molar-refractivity contribution is 0.0550. The molecule has 5 nitrogen and oxygen atoms in total. The van der Waals surface area contributed by atoms with Gasteiger partial charge in [0, 0.05) is 13.1 Å². The Morgan fingerprint density at radius 1 is 1.64 bits per heavy atom. The summed E-state index contributed by atoms with van der Waals surface area (Å²) in [6.07, 6.45) is -0.552. The summed E-state index contributed by atoms with van der Waals surface area (Å²) in [5, 5.41) is 16.9. The van der Waals surface area contributed by atoms with E-state index in [0.29, 0.717) is 0 Å². The molecule has 0 unspecified atom stereocenters. The zero-order valence-corrected chi connectivity index (χ0v) is 6.58. The Hall–Kier alpha value is -0.640. The van der Waals surface area contributed by atoms with Gasteiger partial charge in [-0.2, -0.15) is 9.57 Å². The van der Waals surface area contributed by atoms with E-state index in [2.05, 4.69) is 0 Å². The number of sulfonamides is 1. The van der Waals surface area contributed by atoms with Gasteiger partial charge in [0.1, 0.15) is 0 Å². The third-order valence-electron chi connectivity index (χ3n) is 1.47. The van der Waals surface area contributed by atoms with Crippen molar-refractivity contribution in [1.29, 1.82) is 5.26 Å². The lowest BCUT2D eigenvalue weighted by atomic mass is 10.2. The molecule has 1 aliphatic rings. The summed E-state index contributed by atoms with van der Waals surface area (Å²) in [5.41, 5.74) is 0. The second kappa shape index (κ2) is 2.77. The molecule has 1 saturated heterocycles. The molecule has 0 aromatic rings. The maximum absolute atomic E-state index is 11.0. The van der Waals surface area contributed by atoms with Crippen LogP contribution in [0.15, 0.2) is 0 Å². The summed E-state index contributed by atoms with van der Waals surface area (Å²) in [5.74, 6) is -0.500. The average molecular weight is 176 g/mol. The van der Waals surface area contributed by atoms with E-state index in [1.807, 2.05) is 0 Å². The van der Waals surface area contributed by atoms with Crippen molar-refractivity contribution in [2.75, 3.05) is 18.8 Å². The minimum Gasteiger partial charge on any atom is -0.390 e. The number of aliphatic hydroxyl groups excluding tert-OH is 1. The Kier molecular flexibility index (Phi) is 2.13. The highest BCUT2D eigenvalue weighted by molar-refractivity contribution is 7.89. The van der Waals surface area contributed by atoms with Crippen LogP contribution in [0, 0.1) is 11.3 Å². The minimum atomic E-state index is -3.39. The Morgan fingerprint density at radius 2 is 2.18 bits per heavy atom. The first kappa shape index (κ1) is 8.46. The number of hydrogen-bond donors (Lipinski definition) is 1. The summed E-state index contributed by atoms with van der Waals surface area (Å²) in [6, 6.07) is 1.56. The number of hydrogen-bond acceptors (Lipinski definition) is 4. The van der Waals surface area contributed by atoms with Crippen molar-refractivity contribution in [2.24, 2.45) is 0 Å². The smallest absolute Gasteiger partial charge is 0.227 e. The first-order chi connectivity index (χ1) is 5.06. The minimum absolute atomic E-state index is 0.129. The van der Waals surface area contributed by atoms with E-state index in [4.69, 9.17) is 10.4 Å². The molecule has 0 spiro atoms. The molecule has 0 radical (unpaired) electrons. The van der Waals surface area contributed by atoms with Crippen molar-refractivity contribution in [3.8, 4) is 6.07 Å². The molecule has 1 heterocycles. The van der Waals surface area contributed by atoms with Gasteiger partial charge in [0.05, 0.1) is 12.2 Å². The molecule has 1 fully saturated rings. The maximum Gasteiger partial charge on any atom is 0.227 e. The third kappa shape index (κ3) is 1.68. The van der Waals surface area contributed by atoms with Crippen LogP contribution in [-0.2, 0) is 10.0 Å². The summed E-state index contributed by atoms with van der Waals surface area (Å²) in [7, 11) is -3.39. The van der Waals surface area contributed by atoms with Crippen molar-refractivity contribution < 1.29 is 13.5 Å². The number of aliphatic hydroxyl groups is 1. The van der Waals surface area contributed by atoms with Gasteiger partial charge in [0.25, 0.3) is 0 Å². The standard InChI is InChI=1S/C5H8N2O3S/c6-1-2-11(9,10)7-3-5(8)4-7/h5,8H,2-4H2. The predicted octanol–water partition coefficient (Wildman–Crippen LogP) is -1.48. The van der Waals surface area contributed by atoms with Crippen LogP contribution in [0.1, 0.15) is 0 Å². The van der Waals surface area contributed by atoms with Gasteiger partial charge < -0.3 is 5.11 Å². The van der Waals surface area contributed by atoms with Crippen molar-refractivity contribution in [3.63, 3.8) is 0 Å². The van der Waals surface area contributed by atoms with Crippen molar-refractivity contribution in [2.45, 2.75) is 6.10 Å². The Balaban J connectivity index is 2.56. The van der Waals surface area contributed by atoms with Crippen LogP contribution in [0.4, 0.5) is 0 Å². The van der Waals surface area contributed by atoms with Gasteiger partial charge in [0.15, 0.2) is 5.75 Å². The molecule has 1 N–H and O–H groups in total. The van der Waals surface area contributed by atoms with Crippen LogP contribution in [-0.4, -0.2) is 42.8 Å². The van der Waals surface area contributed by atoms with Crippen LogP contribution < -0.4 is 0 Å². The van der Waals surface area contributed by atoms with Gasteiger partial charge in [-0.1, -0.05) is 0 Å². The lowest BCUT2D eigenvalue weighted by Gasteiger charge is -2.33.